The standard InChI is InChI=1S/C22H23IN2O2/c1-14-8-9-15(2)19(10-14)25-16(3)11-20(21(23)22(25)26)27-13-18-7-5-4-6-17(18)12-24/h4-11H,12-13,24H2,1-3H3. The van der Waals surface area contributed by atoms with Gasteiger partial charge in [-0.05, 0) is 71.7 Å². The van der Waals surface area contributed by atoms with Crippen molar-refractivity contribution in [1.82, 2.24) is 4.57 Å². The summed E-state index contributed by atoms with van der Waals surface area (Å²) in [6.07, 6.45) is 0. The lowest BCUT2D eigenvalue weighted by Gasteiger charge is -2.17. The average Bonchev–Trinajstić information content (AvgIpc) is 2.66. The summed E-state index contributed by atoms with van der Waals surface area (Å²) in [7, 11) is 0. The third kappa shape index (κ3) is 4.09. The number of halogens is 1. The van der Waals surface area contributed by atoms with Crippen LogP contribution in [0.25, 0.3) is 5.69 Å². The first kappa shape index (κ1) is 19.6. The van der Waals surface area contributed by atoms with E-state index < -0.39 is 0 Å². The van der Waals surface area contributed by atoms with Gasteiger partial charge in [-0.15, -0.1) is 0 Å². The molecule has 2 aromatic carbocycles. The largest absolute Gasteiger partial charge is 0.488 e. The molecule has 3 rings (SSSR count). The molecule has 0 amide bonds. The fourth-order valence-corrected chi connectivity index (χ4v) is 3.65. The molecule has 5 heteroatoms. The number of aryl methyl sites for hydroxylation is 3. The highest BCUT2D eigenvalue weighted by Crippen LogP contribution is 2.24. The van der Waals surface area contributed by atoms with E-state index in [0.717, 1.165) is 33.6 Å². The zero-order chi connectivity index (χ0) is 19.6. The molecule has 1 heterocycles. The maximum absolute atomic E-state index is 13.1. The van der Waals surface area contributed by atoms with Crippen molar-refractivity contribution in [2.24, 2.45) is 5.73 Å². The summed E-state index contributed by atoms with van der Waals surface area (Å²) in [5.41, 5.74) is 11.8. The van der Waals surface area contributed by atoms with E-state index in [1.54, 1.807) is 4.57 Å². The summed E-state index contributed by atoms with van der Waals surface area (Å²) in [5, 5.41) is 0. The molecule has 0 saturated heterocycles. The van der Waals surface area contributed by atoms with Crippen molar-refractivity contribution in [3.8, 4) is 11.4 Å². The SMILES string of the molecule is Cc1ccc(C)c(-n2c(C)cc(OCc3ccccc3CN)c(I)c2=O)c1. The van der Waals surface area contributed by atoms with Gasteiger partial charge in [0.2, 0.25) is 0 Å². The second-order valence-corrected chi connectivity index (χ2v) is 7.73. The highest BCUT2D eigenvalue weighted by Gasteiger charge is 2.15. The lowest BCUT2D eigenvalue weighted by molar-refractivity contribution is 0.301. The van der Waals surface area contributed by atoms with Crippen LogP contribution in [0.15, 0.2) is 53.3 Å². The van der Waals surface area contributed by atoms with Crippen LogP contribution in [0.5, 0.6) is 5.75 Å². The Balaban J connectivity index is 1.98. The molecule has 0 atom stereocenters. The van der Waals surface area contributed by atoms with E-state index in [0.29, 0.717) is 22.5 Å². The molecule has 4 nitrogen and oxygen atoms in total. The summed E-state index contributed by atoms with van der Waals surface area (Å²) in [4.78, 5) is 13.1. The molecule has 0 spiro atoms. The number of ether oxygens (including phenoxy) is 1. The molecule has 0 saturated carbocycles. The summed E-state index contributed by atoms with van der Waals surface area (Å²) in [6, 6.07) is 16.0. The van der Waals surface area contributed by atoms with Crippen LogP contribution in [0, 0.1) is 24.3 Å². The topological polar surface area (TPSA) is 57.2 Å². The van der Waals surface area contributed by atoms with Crippen molar-refractivity contribution < 1.29 is 4.74 Å². The van der Waals surface area contributed by atoms with E-state index in [4.69, 9.17) is 10.5 Å². The first-order valence-corrected chi connectivity index (χ1v) is 9.89. The van der Waals surface area contributed by atoms with Crippen molar-refractivity contribution in [2.75, 3.05) is 0 Å². The number of pyridine rings is 1. The van der Waals surface area contributed by atoms with Gasteiger partial charge in [-0.25, -0.2) is 0 Å². The van der Waals surface area contributed by atoms with Gasteiger partial charge in [-0.3, -0.25) is 9.36 Å². The Bertz CT molecular complexity index is 1040. The van der Waals surface area contributed by atoms with Gasteiger partial charge < -0.3 is 10.5 Å². The van der Waals surface area contributed by atoms with E-state index in [9.17, 15) is 4.79 Å². The summed E-state index contributed by atoms with van der Waals surface area (Å²) in [5.74, 6) is 0.603. The van der Waals surface area contributed by atoms with Crippen LogP contribution in [0.2, 0.25) is 0 Å². The van der Waals surface area contributed by atoms with E-state index in [1.807, 2.05) is 63.2 Å². The van der Waals surface area contributed by atoms with Gasteiger partial charge in [-0.1, -0.05) is 36.4 Å². The van der Waals surface area contributed by atoms with Crippen LogP contribution in [0.3, 0.4) is 0 Å². The van der Waals surface area contributed by atoms with Crippen molar-refractivity contribution in [3.63, 3.8) is 0 Å². The maximum Gasteiger partial charge on any atom is 0.272 e. The molecular formula is C22H23IN2O2. The quantitative estimate of drug-likeness (QED) is 0.558. The molecule has 1 aromatic heterocycles. The van der Waals surface area contributed by atoms with Crippen LogP contribution in [0.4, 0.5) is 0 Å². The Morgan fingerprint density at radius 1 is 1.04 bits per heavy atom. The van der Waals surface area contributed by atoms with Crippen LogP contribution in [-0.4, -0.2) is 4.57 Å². The lowest BCUT2D eigenvalue weighted by Crippen LogP contribution is -2.24. The second-order valence-electron chi connectivity index (χ2n) is 6.66. The molecule has 140 valence electrons. The normalized spacial score (nSPS) is 10.9. The van der Waals surface area contributed by atoms with Gasteiger partial charge in [0.15, 0.2) is 0 Å². The van der Waals surface area contributed by atoms with E-state index in [2.05, 4.69) is 28.7 Å². The molecule has 3 aromatic rings. The van der Waals surface area contributed by atoms with E-state index in [1.165, 1.54) is 0 Å². The Morgan fingerprint density at radius 2 is 1.74 bits per heavy atom. The second kappa shape index (κ2) is 8.27. The molecule has 0 fully saturated rings. The Kier molecular flexibility index (Phi) is 6.01. The molecule has 0 aliphatic rings. The van der Waals surface area contributed by atoms with Crippen LogP contribution in [0.1, 0.15) is 27.9 Å². The fourth-order valence-electron chi connectivity index (χ4n) is 3.10. The van der Waals surface area contributed by atoms with Crippen molar-refractivity contribution >= 4 is 22.6 Å². The number of hydrogen-bond acceptors (Lipinski definition) is 3. The minimum Gasteiger partial charge on any atom is -0.488 e. The lowest BCUT2D eigenvalue weighted by atomic mass is 10.1. The van der Waals surface area contributed by atoms with Gasteiger partial charge in [-0.2, -0.15) is 0 Å². The number of nitrogens with two attached hydrogens (primary N) is 1. The Morgan fingerprint density at radius 3 is 2.44 bits per heavy atom. The monoisotopic (exact) mass is 474 g/mol. The van der Waals surface area contributed by atoms with Crippen molar-refractivity contribution in [3.05, 3.63) is 90.4 Å². The first-order chi connectivity index (χ1) is 12.9. The predicted octanol–water partition coefficient (Wildman–Crippen LogP) is 4.41. The zero-order valence-electron chi connectivity index (χ0n) is 15.8. The summed E-state index contributed by atoms with van der Waals surface area (Å²) >= 11 is 2.07. The predicted molar refractivity (Wildman–Crippen MR) is 118 cm³/mol. The molecule has 2 N–H and O–H groups in total. The third-order valence-corrected chi connectivity index (χ3v) is 5.62. The summed E-state index contributed by atoms with van der Waals surface area (Å²) in [6.45, 7) is 6.82. The maximum atomic E-state index is 13.1. The van der Waals surface area contributed by atoms with Gasteiger partial charge in [0.05, 0.1) is 5.69 Å². The first-order valence-electron chi connectivity index (χ1n) is 8.81. The molecule has 0 bridgehead atoms. The van der Waals surface area contributed by atoms with Crippen LogP contribution in [-0.2, 0) is 13.2 Å². The minimum atomic E-state index is -0.0635. The summed E-state index contributed by atoms with van der Waals surface area (Å²) < 4.78 is 8.32. The third-order valence-electron chi connectivity index (χ3n) is 4.63. The Labute approximate surface area is 173 Å². The fraction of sp³-hybridized carbons (Fsp3) is 0.227. The number of benzene rings is 2. The van der Waals surface area contributed by atoms with Crippen LogP contribution < -0.4 is 16.0 Å². The molecule has 0 unspecified atom stereocenters. The number of hydrogen-bond donors (Lipinski definition) is 1. The molecule has 0 radical (unpaired) electrons. The number of aromatic nitrogens is 1. The van der Waals surface area contributed by atoms with Crippen molar-refractivity contribution in [2.45, 2.75) is 33.9 Å². The number of rotatable bonds is 5. The highest BCUT2D eigenvalue weighted by molar-refractivity contribution is 14.1. The Hall–Kier alpha value is -2.12. The smallest absolute Gasteiger partial charge is 0.272 e. The van der Waals surface area contributed by atoms with Gasteiger partial charge in [0.25, 0.3) is 5.56 Å². The van der Waals surface area contributed by atoms with Crippen molar-refractivity contribution in [1.29, 1.82) is 0 Å². The molecule has 0 aliphatic heterocycles. The molecular weight excluding hydrogens is 451 g/mol. The highest BCUT2D eigenvalue weighted by atomic mass is 127. The number of nitrogens with zero attached hydrogens (tertiary/aromatic N) is 1. The van der Waals surface area contributed by atoms with Crippen LogP contribution >= 0.6 is 22.6 Å². The van der Waals surface area contributed by atoms with Gasteiger partial charge >= 0.3 is 0 Å². The van der Waals surface area contributed by atoms with E-state index >= 15 is 0 Å². The minimum absolute atomic E-state index is 0.0635. The van der Waals surface area contributed by atoms with Gasteiger partial charge in [0.1, 0.15) is 15.9 Å². The molecule has 0 aliphatic carbocycles. The molecule has 27 heavy (non-hydrogen) atoms. The average molecular weight is 474 g/mol. The van der Waals surface area contributed by atoms with Gasteiger partial charge in [0, 0.05) is 18.3 Å². The zero-order valence-corrected chi connectivity index (χ0v) is 17.9. The van der Waals surface area contributed by atoms with E-state index in [-0.39, 0.29) is 5.56 Å².